The molecule has 2 aromatic carbocycles. The van der Waals surface area contributed by atoms with Crippen molar-refractivity contribution in [2.45, 2.75) is 0 Å². The van der Waals surface area contributed by atoms with E-state index in [4.69, 9.17) is 9.47 Å². The largest absolute Gasteiger partial charge is 0.508 e. The number of anilines is 1. The van der Waals surface area contributed by atoms with E-state index < -0.39 is 5.91 Å². The van der Waals surface area contributed by atoms with Crippen LogP contribution in [0.4, 0.5) is 5.69 Å². The Hall–Kier alpha value is -2.98. The lowest BCUT2D eigenvalue weighted by atomic mass is 10.1. The summed E-state index contributed by atoms with van der Waals surface area (Å²) in [5, 5.41) is 21.2. The minimum atomic E-state index is -0.567. The van der Waals surface area contributed by atoms with Gasteiger partial charge in [-0.1, -0.05) is 0 Å². The third-order valence-corrected chi connectivity index (χ3v) is 3.91. The number of benzene rings is 2. The van der Waals surface area contributed by atoms with E-state index >= 15 is 0 Å². The highest BCUT2D eigenvalue weighted by atomic mass is 79.9. The molecule has 0 saturated carbocycles. The van der Waals surface area contributed by atoms with Crippen molar-refractivity contribution in [2.24, 2.45) is 0 Å². The van der Waals surface area contributed by atoms with E-state index in [1.54, 1.807) is 12.1 Å². The Morgan fingerprint density at radius 2 is 1.84 bits per heavy atom. The van der Waals surface area contributed by atoms with Crippen molar-refractivity contribution < 1.29 is 19.4 Å². The van der Waals surface area contributed by atoms with Crippen LogP contribution in [0.5, 0.6) is 17.2 Å². The molecule has 0 aliphatic carbocycles. The molecule has 2 rings (SSSR count). The maximum Gasteiger partial charge on any atom is 0.266 e. The molecule has 0 atom stereocenters. The van der Waals surface area contributed by atoms with Gasteiger partial charge in [-0.3, -0.25) is 4.79 Å². The maximum atomic E-state index is 12.3. The van der Waals surface area contributed by atoms with Gasteiger partial charge in [0.05, 0.1) is 18.7 Å². The molecule has 0 fully saturated rings. The summed E-state index contributed by atoms with van der Waals surface area (Å²) in [6.45, 7) is 0. The zero-order valence-electron chi connectivity index (χ0n) is 13.5. The number of carbonyl (C=O) groups is 1. The van der Waals surface area contributed by atoms with Gasteiger partial charge in [0.2, 0.25) is 0 Å². The van der Waals surface area contributed by atoms with Gasteiger partial charge in [-0.15, -0.1) is 0 Å². The first-order chi connectivity index (χ1) is 12.0. The summed E-state index contributed by atoms with van der Waals surface area (Å²) in [6, 6.07) is 11.2. The van der Waals surface area contributed by atoms with E-state index in [-0.39, 0.29) is 11.3 Å². The third kappa shape index (κ3) is 4.52. The first-order valence-electron chi connectivity index (χ1n) is 7.12. The summed E-state index contributed by atoms with van der Waals surface area (Å²) in [6.07, 6.45) is 1.43. The first kappa shape index (κ1) is 18.4. The number of rotatable bonds is 5. The van der Waals surface area contributed by atoms with Crippen LogP contribution in [0.2, 0.25) is 0 Å². The zero-order valence-corrected chi connectivity index (χ0v) is 15.1. The van der Waals surface area contributed by atoms with Crippen LogP contribution < -0.4 is 14.8 Å². The molecule has 0 aliphatic rings. The molecule has 0 aromatic heterocycles. The molecule has 0 spiro atoms. The van der Waals surface area contributed by atoms with Crippen molar-refractivity contribution in [3.05, 3.63) is 52.0 Å². The highest BCUT2D eigenvalue weighted by molar-refractivity contribution is 9.10. The molecule has 25 heavy (non-hydrogen) atoms. The summed E-state index contributed by atoms with van der Waals surface area (Å²) >= 11 is 3.36. The smallest absolute Gasteiger partial charge is 0.266 e. The number of phenolic OH excluding ortho intramolecular Hbond substituents is 1. The van der Waals surface area contributed by atoms with Gasteiger partial charge in [0.25, 0.3) is 5.91 Å². The van der Waals surface area contributed by atoms with Crippen molar-refractivity contribution in [3.8, 4) is 23.3 Å². The molecule has 0 aliphatic heterocycles. The van der Waals surface area contributed by atoms with Crippen LogP contribution in [0.1, 0.15) is 5.56 Å². The normalized spacial score (nSPS) is 10.7. The number of aromatic hydroxyl groups is 1. The number of halogens is 1. The topological polar surface area (TPSA) is 91.6 Å². The molecule has 0 radical (unpaired) electrons. The second-order valence-electron chi connectivity index (χ2n) is 4.90. The lowest BCUT2D eigenvalue weighted by molar-refractivity contribution is -0.112. The van der Waals surface area contributed by atoms with Crippen molar-refractivity contribution in [1.29, 1.82) is 5.26 Å². The average Bonchev–Trinajstić information content (AvgIpc) is 2.61. The van der Waals surface area contributed by atoms with Crippen molar-refractivity contribution in [3.63, 3.8) is 0 Å². The number of methoxy groups -OCH3 is 2. The first-order valence-corrected chi connectivity index (χ1v) is 7.91. The standard InChI is InChI=1S/C18H15BrN2O4/c1-24-16-9-17(25-2)15(19)8-11(16)7-12(10-20)18(23)21-13-3-5-14(22)6-4-13/h3-9,22H,1-2H3,(H,21,23)/b12-7-. The number of ether oxygens (including phenoxy) is 2. The molecule has 0 heterocycles. The molecule has 1 amide bonds. The zero-order chi connectivity index (χ0) is 18.4. The van der Waals surface area contributed by atoms with Gasteiger partial charge in [-0.2, -0.15) is 5.26 Å². The monoisotopic (exact) mass is 402 g/mol. The summed E-state index contributed by atoms with van der Waals surface area (Å²) in [5.74, 6) is 0.551. The van der Waals surface area contributed by atoms with Crippen molar-refractivity contribution >= 4 is 33.6 Å². The van der Waals surface area contributed by atoms with Gasteiger partial charge in [0.1, 0.15) is 28.9 Å². The maximum absolute atomic E-state index is 12.3. The number of nitrogens with zero attached hydrogens (tertiary/aromatic N) is 1. The highest BCUT2D eigenvalue weighted by Gasteiger charge is 2.13. The molecule has 6 nitrogen and oxygen atoms in total. The van der Waals surface area contributed by atoms with Gasteiger partial charge in [-0.05, 0) is 52.3 Å². The number of phenols is 1. The fourth-order valence-electron chi connectivity index (χ4n) is 2.04. The SMILES string of the molecule is COc1cc(OC)c(/C=C(/C#N)C(=O)Nc2ccc(O)cc2)cc1Br. The number of carbonyl (C=O) groups excluding carboxylic acids is 1. The molecular formula is C18H15BrN2O4. The van der Waals surface area contributed by atoms with E-state index in [1.165, 1.54) is 44.6 Å². The number of nitriles is 1. The second-order valence-corrected chi connectivity index (χ2v) is 5.75. The summed E-state index contributed by atoms with van der Waals surface area (Å²) in [5.41, 5.74) is 0.919. The lowest BCUT2D eigenvalue weighted by Gasteiger charge is -2.10. The Bertz CT molecular complexity index is 855. The van der Waals surface area contributed by atoms with Gasteiger partial charge < -0.3 is 19.9 Å². The summed E-state index contributed by atoms with van der Waals surface area (Å²) in [7, 11) is 3.02. The van der Waals surface area contributed by atoms with E-state index in [0.29, 0.717) is 27.2 Å². The van der Waals surface area contributed by atoms with Gasteiger partial charge >= 0.3 is 0 Å². The molecule has 0 saturated heterocycles. The van der Waals surface area contributed by atoms with Crippen LogP contribution >= 0.6 is 15.9 Å². The van der Waals surface area contributed by atoms with Crippen LogP contribution in [0.3, 0.4) is 0 Å². The number of amides is 1. The summed E-state index contributed by atoms with van der Waals surface area (Å²) in [4.78, 5) is 12.3. The Balaban J connectivity index is 2.33. The Labute approximate surface area is 153 Å². The predicted octanol–water partition coefficient (Wildman–Crippen LogP) is 3.72. The van der Waals surface area contributed by atoms with Gasteiger partial charge in [0, 0.05) is 17.3 Å². The van der Waals surface area contributed by atoms with Crippen LogP contribution in [0, 0.1) is 11.3 Å². The van der Waals surface area contributed by atoms with E-state index in [9.17, 15) is 15.2 Å². The number of hydrogen-bond acceptors (Lipinski definition) is 5. The van der Waals surface area contributed by atoms with Crippen LogP contribution in [-0.4, -0.2) is 25.2 Å². The van der Waals surface area contributed by atoms with E-state index in [2.05, 4.69) is 21.2 Å². The molecule has 0 bridgehead atoms. The van der Waals surface area contributed by atoms with Gasteiger partial charge in [-0.25, -0.2) is 0 Å². The van der Waals surface area contributed by atoms with Crippen molar-refractivity contribution in [1.82, 2.24) is 0 Å². The van der Waals surface area contributed by atoms with Crippen LogP contribution in [-0.2, 0) is 4.79 Å². The van der Waals surface area contributed by atoms with Crippen LogP contribution in [0.15, 0.2) is 46.4 Å². The molecule has 128 valence electrons. The molecule has 2 N–H and O–H groups in total. The van der Waals surface area contributed by atoms with E-state index in [0.717, 1.165) is 0 Å². The second kappa shape index (κ2) is 8.22. The fourth-order valence-corrected chi connectivity index (χ4v) is 2.57. The Kier molecular flexibility index (Phi) is 6.03. The number of hydrogen-bond donors (Lipinski definition) is 2. The van der Waals surface area contributed by atoms with Crippen LogP contribution in [0.25, 0.3) is 6.08 Å². The Morgan fingerprint density at radius 1 is 1.20 bits per heavy atom. The quantitative estimate of drug-likeness (QED) is 0.451. The average molecular weight is 403 g/mol. The summed E-state index contributed by atoms with van der Waals surface area (Å²) < 4.78 is 11.1. The lowest BCUT2D eigenvalue weighted by Crippen LogP contribution is -2.13. The molecule has 2 aromatic rings. The highest BCUT2D eigenvalue weighted by Crippen LogP contribution is 2.34. The minimum Gasteiger partial charge on any atom is -0.508 e. The van der Waals surface area contributed by atoms with Gasteiger partial charge in [0.15, 0.2) is 0 Å². The number of nitrogens with one attached hydrogen (secondary N) is 1. The molecule has 0 unspecified atom stereocenters. The van der Waals surface area contributed by atoms with E-state index in [1.807, 2.05) is 6.07 Å². The third-order valence-electron chi connectivity index (χ3n) is 3.29. The Morgan fingerprint density at radius 3 is 2.40 bits per heavy atom. The predicted molar refractivity (Wildman–Crippen MR) is 97.6 cm³/mol. The molecule has 7 heteroatoms. The molecular weight excluding hydrogens is 388 g/mol. The fraction of sp³-hybridized carbons (Fsp3) is 0.111. The minimum absolute atomic E-state index is 0.0851. The van der Waals surface area contributed by atoms with Crippen molar-refractivity contribution in [2.75, 3.05) is 19.5 Å².